The Morgan fingerprint density at radius 1 is 1.17 bits per heavy atom. The smallest absolute Gasteiger partial charge is 0.258 e. The molecule has 0 radical (unpaired) electrons. The lowest BCUT2D eigenvalue weighted by atomic mass is 10.1. The molecule has 0 fully saturated rings. The maximum atomic E-state index is 12.7. The molecule has 1 unspecified atom stereocenters. The number of halogens is 1. The Morgan fingerprint density at radius 3 is 2.43 bits per heavy atom. The van der Waals surface area contributed by atoms with Gasteiger partial charge in [0.2, 0.25) is 6.04 Å². The van der Waals surface area contributed by atoms with Gasteiger partial charge in [-0.15, -0.1) is 0 Å². The zero-order valence-electron chi connectivity index (χ0n) is 20.2. The average molecular weight is 504 g/mol. The Kier molecular flexibility index (Phi) is 10.8. The van der Waals surface area contributed by atoms with Gasteiger partial charge in [0, 0.05) is 23.2 Å². The number of rotatable bonds is 12. The van der Waals surface area contributed by atoms with E-state index >= 15 is 0 Å². The summed E-state index contributed by atoms with van der Waals surface area (Å²) in [5, 5.41) is 23.0. The molecule has 0 aliphatic rings. The molecule has 0 heterocycles. The summed E-state index contributed by atoms with van der Waals surface area (Å²) >= 11 is 6.05. The van der Waals surface area contributed by atoms with Gasteiger partial charge in [-0.1, -0.05) is 11.6 Å². The van der Waals surface area contributed by atoms with E-state index in [0.717, 1.165) is 13.0 Å². The van der Waals surface area contributed by atoms with Crippen molar-refractivity contribution >= 4 is 40.6 Å². The number of hydrogen-bond donors (Lipinski definition) is 3. The number of amides is 2. The van der Waals surface area contributed by atoms with Crippen LogP contribution in [0.4, 0.5) is 11.4 Å². The third-order valence-corrected chi connectivity index (χ3v) is 5.27. The molecule has 11 heteroatoms. The second-order valence-corrected chi connectivity index (χ2v) is 8.39. The number of aliphatic hydroxyl groups is 1. The van der Waals surface area contributed by atoms with Crippen molar-refractivity contribution in [3.05, 3.63) is 52.5 Å². The number of aliphatic hydroxyl groups excluding tert-OH is 1. The number of ether oxygens (including phenoxy) is 1. The van der Waals surface area contributed by atoms with Crippen LogP contribution in [0.15, 0.2) is 46.6 Å². The van der Waals surface area contributed by atoms with Crippen LogP contribution in [0.2, 0.25) is 5.02 Å². The number of hydrogen-bond acceptors (Lipinski definition) is 8. The van der Waals surface area contributed by atoms with Crippen molar-refractivity contribution in [1.82, 2.24) is 10.2 Å². The van der Waals surface area contributed by atoms with Crippen LogP contribution in [0.5, 0.6) is 5.75 Å². The number of benzene rings is 2. The van der Waals surface area contributed by atoms with Crippen molar-refractivity contribution in [3.63, 3.8) is 0 Å². The van der Waals surface area contributed by atoms with Crippen LogP contribution in [0.25, 0.3) is 0 Å². The van der Waals surface area contributed by atoms with Gasteiger partial charge in [0.25, 0.3) is 11.8 Å². The fourth-order valence-electron chi connectivity index (χ4n) is 3.01. The first-order valence-electron chi connectivity index (χ1n) is 10.9. The highest BCUT2D eigenvalue weighted by molar-refractivity contribution is 6.31. The maximum Gasteiger partial charge on any atom is 0.258 e. The summed E-state index contributed by atoms with van der Waals surface area (Å²) < 4.78 is 5.21. The minimum absolute atomic E-state index is 0.201. The van der Waals surface area contributed by atoms with Gasteiger partial charge in [0.1, 0.15) is 5.75 Å². The fourth-order valence-corrected chi connectivity index (χ4v) is 3.22. The molecular formula is C24H30ClN5O5. The van der Waals surface area contributed by atoms with E-state index in [-0.39, 0.29) is 29.0 Å². The Labute approximate surface area is 209 Å². The normalized spacial score (nSPS) is 12.0. The van der Waals surface area contributed by atoms with Crippen LogP contribution >= 0.6 is 11.6 Å². The molecule has 0 spiro atoms. The number of nitrogens with zero attached hydrogens (tertiary/aromatic N) is 3. The van der Waals surface area contributed by atoms with Crippen LogP contribution in [0, 0.1) is 0 Å². The molecule has 2 amide bonds. The maximum absolute atomic E-state index is 12.7. The summed E-state index contributed by atoms with van der Waals surface area (Å²) in [4.78, 5) is 39.1. The molecule has 10 nitrogen and oxygen atoms in total. The lowest BCUT2D eigenvalue weighted by molar-refractivity contribution is -0.126. The number of nitrogens with one attached hydrogen (secondary N) is 2. The van der Waals surface area contributed by atoms with Crippen molar-refractivity contribution in [2.75, 3.05) is 39.6 Å². The van der Waals surface area contributed by atoms with Gasteiger partial charge in [0.15, 0.2) is 5.78 Å². The number of carbonyl (C=O) groups excluding carboxylic acids is 3. The van der Waals surface area contributed by atoms with Crippen LogP contribution < -0.4 is 15.4 Å². The first-order chi connectivity index (χ1) is 16.7. The number of Topliss-reactive ketones (excluding diaryl/α,β-unsaturated/α-hetero) is 1. The summed E-state index contributed by atoms with van der Waals surface area (Å²) in [5.41, 5.74) is 1.45. The zero-order valence-corrected chi connectivity index (χ0v) is 20.9. The Bertz CT molecular complexity index is 1070. The second-order valence-electron chi connectivity index (χ2n) is 7.98. The van der Waals surface area contributed by atoms with Crippen molar-refractivity contribution in [1.29, 1.82) is 0 Å². The van der Waals surface area contributed by atoms with Crippen molar-refractivity contribution in [2.45, 2.75) is 26.0 Å². The number of anilines is 1. The number of methoxy groups -OCH3 is 1. The molecule has 0 aromatic heterocycles. The first kappa shape index (κ1) is 27.9. The van der Waals surface area contributed by atoms with E-state index in [1.54, 1.807) is 24.3 Å². The van der Waals surface area contributed by atoms with Crippen LogP contribution in [-0.4, -0.2) is 67.9 Å². The topological polar surface area (TPSA) is 133 Å². The van der Waals surface area contributed by atoms with Gasteiger partial charge in [-0.05, 0) is 69.9 Å². The van der Waals surface area contributed by atoms with E-state index in [4.69, 9.17) is 16.3 Å². The molecule has 1 atom stereocenters. The van der Waals surface area contributed by atoms with Gasteiger partial charge in [-0.3, -0.25) is 14.4 Å². The Morgan fingerprint density at radius 2 is 1.86 bits per heavy atom. The molecule has 188 valence electrons. The molecule has 2 aromatic rings. The van der Waals surface area contributed by atoms with Gasteiger partial charge < -0.3 is 25.4 Å². The summed E-state index contributed by atoms with van der Waals surface area (Å²) in [5.74, 6) is -1.18. The quantitative estimate of drug-likeness (QED) is 0.231. The summed E-state index contributed by atoms with van der Waals surface area (Å²) in [6.07, 6.45) is 0.836. The molecule has 0 bridgehead atoms. The molecular weight excluding hydrogens is 474 g/mol. The van der Waals surface area contributed by atoms with Crippen LogP contribution in [0.1, 0.15) is 29.3 Å². The van der Waals surface area contributed by atoms with Gasteiger partial charge in [-0.25, -0.2) is 0 Å². The third kappa shape index (κ3) is 8.43. The Balaban J connectivity index is 2.07. The monoisotopic (exact) mass is 503 g/mol. The molecule has 0 saturated heterocycles. The fraction of sp³-hybridized carbons (Fsp3) is 0.375. The number of carbonyl (C=O) groups is 3. The van der Waals surface area contributed by atoms with Crippen molar-refractivity contribution < 1.29 is 24.2 Å². The average Bonchev–Trinajstić information content (AvgIpc) is 2.82. The first-order valence-corrected chi connectivity index (χ1v) is 11.3. The zero-order chi connectivity index (χ0) is 26.0. The van der Waals surface area contributed by atoms with Crippen molar-refractivity contribution in [2.24, 2.45) is 10.2 Å². The molecule has 3 N–H and O–H groups in total. The van der Waals surface area contributed by atoms with Crippen LogP contribution in [0.3, 0.4) is 0 Å². The predicted octanol–water partition coefficient (Wildman–Crippen LogP) is 3.20. The molecule has 2 aromatic carbocycles. The van der Waals surface area contributed by atoms with Crippen LogP contribution in [-0.2, 0) is 16.2 Å². The summed E-state index contributed by atoms with van der Waals surface area (Å²) in [6, 6.07) is 7.82. The third-order valence-electron chi connectivity index (χ3n) is 4.92. The minimum atomic E-state index is -1.41. The number of ketones is 1. The van der Waals surface area contributed by atoms with E-state index < -0.39 is 17.7 Å². The standard InChI is InChI=1S/C24H30ClN5O5/c1-15(32)22(24(34)27-20-12-17(14-31)19(25)13-21(20)35-4)29-28-18-8-6-16(7-9-18)23(33)26-10-5-11-30(2)3/h6-9,12-13,22,31H,5,10-11,14H2,1-4H3,(H,26,33)(H,27,34). The lowest BCUT2D eigenvalue weighted by Crippen LogP contribution is -2.32. The second kappa shape index (κ2) is 13.5. The number of azo groups is 1. The predicted molar refractivity (Wildman–Crippen MR) is 133 cm³/mol. The van der Waals surface area contributed by atoms with Gasteiger partial charge in [0.05, 0.1) is 25.1 Å². The van der Waals surface area contributed by atoms with Gasteiger partial charge in [-0.2, -0.15) is 10.2 Å². The molecule has 0 aliphatic carbocycles. The SMILES string of the molecule is COc1cc(Cl)c(CO)cc1NC(=O)C(N=Nc1ccc(C(=O)NCCCN(C)C)cc1)C(C)=O. The highest BCUT2D eigenvalue weighted by atomic mass is 35.5. The minimum Gasteiger partial charge on any atom is -0.495 e. The largest absolute Gasteiger partial charge is 0.495 e. The summed E-state index contributed by atoms with van der Waals surface area (Å²) in [6.45, 7) is 2.32. The lowest BCUT2D eigenvalue weighted by Gasteiger charge is -2.14. The molecule has 2 rings (SSSR count). The Hall–Kier alpha value is -3.34. The van der Waals surface area contributed by atoms with E-state index in [9.17, 15) is 19.5 Å². The summed E-state index contributed by atoms with van der Waals surface area (Å²) in [7, 11) is 5.34. The van der Waals surface area contributed by atoms with E-state index in [0.29, 0.717) is 23.4 Å². The molecule has 35 heavy (non-hydrogen) atoms. The van der Waals surface area contributed by atoms with E-state index in [2.05, 4.69) is 20.9 Å². The molecule has 0 saturated carbocycles. The highest BCUT2D eigenvalue weighted by Crippen LogP contribution is 2.31. The highest BCUT2D eigenvalue weighted by Gasteiger charge is 2.24. The van der Waals surface area contributed by atoms with E-state index in [1.165, 1.54) is 26.2 Å². The van der Waals surface area contributed by atoms with Crippen molar-refractivity contribution in [3.8, 4) is 5.75 Å². The van der Waals surface area contributed by atoms with E-state index in [1.807, 2.05) is 19.0 Å². The molecule has 0 aliphatic heterocycles. The van der Waals surface area contributed by atoms with Gasteiger partial charge >= 0.3 is 0 Å².